The molecule has 1 aliphatic heterocycles. The van der Waals surface area contributed by atoms with E-state index in [4.69, 9.17) is 4.74 Å². The van der Waals surface area contributed by atoms with Crippen LogP contribution < -0.4 is 16.0 Å². The van der Waals surface area contributed by atoms with Gasteiger partial charge in [-0.1, -0.05) is 72.8 Å². The van der Waals surface area contributed by atoms with E-state index in [-0.39, 0.29) is 17.4 Å². The average molecular weight is 543 g/mol. The molecule has 1 saturated heterocycles. The molecule has 4 rings (SSSR count). The average Bonchev–Trinajstić information content (AvgIpc) is 2.95. The number of hydrogen-bond acceptors (Lipinski definition) is 6. The predicted molar refractivity (Wildman–Crippen MR) is 162 cm³/mol. The van der Waals surface area contributed by atoms with E-state index in [1.165, 1.54) is 5.56 Å². The lowest BCUT2D eigenvalue weighted by molar-refractivity contribution is 0.0593. The lowest BCUT2D eigenvalue weighted by atomic mass is 10.0. The summed E-state index contributed by atoms with van der Waals surface area (Å²) in [6, 6.07) is 25.6. The third kappa shape index (κ3) is 9.30. The van der Waals surface area contributed by atoms with Crippen molar-refractivity contribution in [1.29, 1.82) is 0 Å². The van der Waals surface area contributed by atoms with Crippen molar-refractivity contribution in [1.82, 2.24) is 15.5 Å². The van der Waals surface area contributed by atoms with Gasteiger partial charge in [0.25, 0.3) is 0 Å². The molecule has 1 amide bonds. The number of piperidine rings is 1. The van der Waals surface area contributed by atoms with Crippen LogP contribution in [-0.2, 0) is 11.3 Å². The fourth-order valence-corrected chi connectivity index (χ4v) is 4.72. The SMILES string of the molecule is CC(C)(C)NCc1ccc(C(=O)CNCCN2CCC(OC(=O)Nc3ccccc3-c3ccccc3)CC2)cc1. The molecule has 1 aliphatic rings. The van der Waals surface area contributed by atoms with Gasteiger partial charge in [0.15, 0.2) is 5.78 Å². The Hall–Kier alpha value is -3.52. The summed E-state index contributed by atoms with van der Waals surface area (Å²) in [7, 11) is 0. The Morgan fingerprint density at radius 3 is 2.27 bits per heavy atom. The number of nitrogens with zero attached hydrogens (tertiary/aromatic N) is 1. The zero-order chi connectivity index (χ0) is 28.4. The van der Waals surface area contributed by atoms with Crippen LogP contribution in [0.15, 0.2) is 78.9 Å². The fraction of sp³-hybridized carbons (Fsp3) is 0.394. The molecule has 0 bridgehead atoms. The maximum atomic E-state index is 12.6. The van der Waals surface area contributed by atoms with E-state index in [1.54, 1.807) is 0 Å². The monoisotopic (exact) mass is 542 g/mol. The summed E-state index contributed by atoms with van der Waals surface area (Å²) in [5.41, 5.74) is 4.71. The van der Waals surface area contributed by atoms with Crippen LogP contribution in [0.5, 0.6) is 0 Å². The van der Waals surface area contributed by atoms with E-state index in [1.807, 2.05) is 78.9 Å². The second-order valence-electron chi connectivity index (χ2n) is 11.4. The Morgan fingerprint density at radius 1 is 0.900 bits per heavy atom. The van der Waals surface area contributed by atoms with E-state index in [0.717, 1.165) is 67.9 Å². The largest absolute Gasteiger partial charge is 0.446 e. The predicted octanol–water partition coefficient (Wildman–Crippen LogP) is 5.73. The summed E-state index contributed by atoms with van der Waals surface area (Å²) >= 11 is 0. The highest BCUT2D eigenvalue weighted by Gasteiger charge is 2.22. The van der Waals surface area contributed by atoms with Crippen molar-refractivity contribution in [2.45, 2.75) is 51.8 Å². The number of carbonyl (C=O) groups is 2. The first-order chi connectivity index (χ1) is 19.3. The summed E-state index contributed by atoms with van der Waals surface area (Å²) in [5, 5.41) is 9.67. The van der Waals surface area contributed by atoms with Gasteiger partial charge in [0, 0.05) is 49.4 Å². The van der Waals surface area contributed by atoms with E-state index in [0.29, 0.717) is 6.54 Å². The van der Waals surface area contributed by atoms with E-state index >= 15 is 0 Å². The van der Waals surface area contributed by atoms with Gasteiger partial charge in [-0.2, -0.15) is 0 Å². The highest BCUT2D eigenvalue weighted by atomic mass is 16.6. The molecule has 3 N–H and O–H groups in total. The maximum absolute atomic E-state index is 12.6. The van der Waals surface area contributed by atoms with Crippen molar-refractivity contribution in [2.75, 3.05) is 38.0 Å². The number of Topliss-reactive ketones (excluding diaryl/α,β-unsaturated/α-hetero) is 1. The van der Waals surface area contributed by atoms with Gasteiger partial charge in [0.2, 0.25) is 0 Å². The third-order valence-corrected chi connectivity index (χ3v) is 7.05. The summed E-state index contributed by atoms with van der Waals surface area (Å²) in [6.07, 6.45) is 1.07. The number of nitrogens with one attached hydrogen (secondary N) is 3. The van der Waals surface area contributed by atoms with Gasteiger partial charge in [-0.05, 0) is 50.8 Å². The standard InChI is InChI=1S/C33H42N4O3/c1-33(2,3)35-23-25-13-15-27(16-14-25)31(38)24-34-19-22-37-20-17-28(18-21-37)40-32(39)36-30-12-8-7-11-29(30)26-9-5-4-6-10-26/h4-16,28,34-35H,17-24H2,1-3H3,(H,36,39). The summed E-state index contributed by atoms with van der Waals surface area (Å²) < 4.78 is 5.74. The van der Waals surface area contributed by atoms with Crippen LogP contribution in [0.3, 0.4) is 0 Å². The van der Waals surface area contributed by atoms with Gasteiger partial charge in [-0.25, -0.2) is 4.79 Å². The molecule has 1 heterocycles. The minimum atomic E-state index is -0.416. The van der Waals surface area contributed by atoms with Gasteiger partial charge in [-0.3, -0.25) is 10.1 Å². The fourth-order valence-electron chi connectivity index (χ4n) is 4.72. The minimum Gasteiger partial charge on any atom is -0.446 e. The molecule has 0 aromatic heterocycles. The van der Waals surface area contributed by atoms with Gasteiger partial charge in [-0.15, -0.1) is 0 Å². The number of rotatable bonds is 11. The zero-order valence-corrected chi connectivity index (χ0v) is 23.9. The Bertz CT molecular complexity index is 1230. The van der Waals surface area contributed by atoms with Crippen LogP contribution in [0.1, 0.15) is 49.5 Å². The first-order valence-corrected chi connectivity index (χ1v) is 14.2. The van der Waals surface area contributed by atoms with Gasteiger partial charge >= 0.3 is 6.09 Å². The van der Waals surface area contributed by atoms with Gasteiger partial charge in [0.1, 0.15) is 6.10 Å². The Morgan fingerprint density at radius 2 is 1.57 bits per heavy atom. The second kappa shape index (κ2) is 14.2. The van der Waals surface area contributed by atoms with Crippen LogP contribution >= 0.6 is 0 Å². The molecule has 40 heavy (non-hydrogen) atoms. The molecule has 0 spiro atoms. The molecule has 0 aliphatic carbocycles. The van der Waals surface area contributed by atoms with Crippen LogP contribution in [0, 0.1) is 0 Å². The number of ether oxygens (including phenoxy) is 1. The van der Waals surface area contributed by atoms with Crippen LogP contribution in [-0.4, -0.2) is 61.1 Å². The maximum Gasteiger partial charge on any atom is 0.411 e. The highest BCUT2D eigenvalue weighted by Crippen LogP contribution is 2.28. The van der Waals surface area contributed by atoms with Crippen LogP contribution in [0.2, 0.25) is 0 Å². The Kier molecular flexibility index (Phi) is 10.5. The number of ketones is 1. The van der Waals surface area contributed by atoms with Crippen molar-refractivity contribution in [3.8, 4) is 11.1 Å². The highest BCUT2D eigenvalue weighted by molar-refractivity contribution is 5.97. The van der Waals surface area contributed by atoms with E-state index in [9.17, 15) is 9.59 Å². The van der Waals surface area contributed by atoms with Crippen LogP contribution in [0.4, 0.5) is 10.5 Å². The molecule has 0 saturated carbocycles. The molecule has 3 aromatic carbocycles. The topological polar surface area (TPSA) is 82.7 Å². The minimum absolute atomic E-state index is 0.0604. The molecular weight excluding hydrogens is 500 g/mol. The number of likely N-dealkylation sites (tertiary alicyclic amines) is 1. The smallest absolute Gasteiger partial charge is 0.411 e. The second-order valence-corrected chi connectivity index (χ2v) is 11.4. The van der Waals surface area contributed by atoms with E-state index < -0.39 is 6.09 Å². The first kappa shape index (κ1) is 29.5. The normalized spacial score (nSPS) is 14.6. The summed E-state index contributed by atoms with van der Waals surface area (Å²) in [5.74, 6) is 0.0993. The summed E-state index contributed by atoms with van der Waals surface area (Å²) in [6.45, 7) is 10.8. The number of benzene rings is 3. The van der Waals surface area contributed by atoms with Crippen molar-refractivity contribution < 1.29 is 14.3 Å². The molecule has 212 valence electrons. The van der Waals surface area contributed by atoms with Gasteiger partial charge in [0.05, 0.1) is 12.2 Å². The molecule has 1 fully saturated rings. The third-order valence-electron chi connectivity index (χ3n) is 7.05. The molecule has 7 nitrogen and oxygen atoms in total. The molecule has 0 unspecified atom stereocenters. The lowest BCUT2D eigenvalue weighted by Gasteiger charge is -2.31. The first-order valence-electron chi connectivity index (χ1n) is 14.2. The lowest BCUT2D eigenvalue weighted by Crippen LogP contribution is -2.42. The number of anilines is 1. The molecule has 3 aromatic rings. The summed E-state index contributed by atoms with van der Waals surface area (Å²) in [4.78, 5) is 27.5. The number of hydrogen-bond donors (Lipinski definition) is 3. The van der Waals surface area contributed by atoms with Gasteiger partial charge < -0.3 is 20.3 Å². The number of para-hydroxylation sites is 1. The Balaban J connectivity index is 1.12. The van der Waals surface area contributed by atoms with E-state index in [2.05, 4.69) is 41.6 Å². The Labute approximate surface area is 238 Å². The van der Waals surface area contributed by atoms with Crippen LogP contribution in [0.25, 0.3) is 11.1 Å². The molecule has 0 atom stereocenters. The van der Waals surface area contributed by atoms with Crippen molar-refractivity contribution in [3.05, 3.63) is 90.0 Å². The number of carbonyl (C=O) groups excluding carboxylic acids is 2. The van der Waals surface area contributed by atoms with Crippen molar-refractivity contribution in [2.24, 2.45) is 0 Å². The quantitative estimate of drug-likeness (QED) is 0.212. The zero-order valence-electron chi connectivity index (χ0n) is 23.9. The number of amides is 1. The molecular formula is C33H42N4O3. The van der Waals surface area contributed by atoms with Crippen molar-refractivity contribution >= 4 is 17.6 Å². The molecule has 0 radical (unpaired) electrons. The molecule has 7 heteroatoms. The van der Waals surface area contributed by atoms with Crippen molar-refractivity contribution in [3.63, 3.8) is 0 Å².